The first-order valence-electron chi connectivity index (χ1n) is 6.80. The lowest BCUT2D eigenvalue weighted by Gasteiger charge is -2.14. The molecule has 0 fully saturated rings. The van der Waals surface area contributed by atoms with Gasteiger partial charge in [0, 0.05) is 11.8 Å². The van der Waals surface area contributed by atoms with E-state index in [0.717, 1.165) is 18.2 Å². The average Bonchev–Trinajstić information content (AvgIpc) is 2.56. The number of hydrogen-bond donors (Lipinski definition) is 1. The molecule has 0 bridgehead atoms. The van der Waals surface area contributed by atoms with E-state index in [1.54, 1.807) is 0 Å². The van der Waals surface area contributed by atoms with Crippen molar-refractivity contribution in [2.45, 2.75) is 13.0 Å². The predicted molar refractivity (Wildman–Crippen MR) is 82.7 cm³/mol. The summed E-state index contributed by atoms with van der Waals surface area (Å²) in [6, 6.07) is 5.51. The smallest absolute Gasteiger partial charge is 0.406 e. The first kappa shape index (κ1) is 17.7. The zero-order chi connectivity index (χ0) is 18.6. The van der Waals surface area contributed by atoms with Gasteiger partial charge in [0.15, 0.2) is 6.10 Å². The molecule has 0 aliphatic carbocycles. The first-order valence-corrected chi connectivity index (χ1v) is 6.80. The number of nitrogens with one attached hydrogen (secondary N) is 1. The van der Waals surface area contributed by atoms with E-state index in [1.165, 1.54) is 25.3 Å². The first-order chi connectivity index (χ1) is 11.8. The molecule has 1 amide bonds. The molecule has 1 atom stereocenters. The van der Waals surface area contributed by atoms with Crippen LogP contribution in [0.4, 0.5) is 21.6 Å². The quantitative estimate of drug-likeness (QED) is 0.623. The predicted octanol–water partition coefficient (Wildman–Crippen LogP) is 2.44. The van der Waals surface area contributed by atoms with Crippen molar-refractivity contribution in [1.82, 2.24) is 4.98 Å². The van der Waals surface area contributed by atoms with Crippen molar-refractivity contribution >= 4 is 23.1 Å². The molecule has 1 aromatic carbocycles. The highest BCUT2D eigenvalue weighted by molar-refractivity contribution is 5.94. The van der Waals surface area contributed by atoms with Crippen LogP contribution in [0.3, 0.4) is 0 Å². The van der Waals surface area contributed by atoms with Crippen molar-refractivity contribution in [3.63, 3.8) is 0 Å². The van der Waals surface area contributed by atoms with E-state index >= 15 is 0 Å². The molecule has 0 saturated carbocycles. The number of halogens is 1. The number of nitro groups is 2. The molecule has 0 spiro atoms. The van der Waals surface area contributed by atoms with Gasteiger partial charge >= 0.3 is 11.5 Å². The maximum Gasteiger partial charge on any atom is 0.406 e. The van der Waals surface area contributed by atoms with Crippen LogP contribution in [0.25, 0.3) is 0 Å². The van der Waals surface area contributed by atoms with Crippen molar-refractivity contribution in [2.24, 2.45) is 0 Å². The van der Waals surface area contributed by atoms with Gasteiger partial charge in [-0.1, -0.05) is 0 Å². The fourth-order valence-corrected chi connectivity index (χ4v) is 1.83. The zero-order valence-corrected chi connectivity index (χ0v) is 12.7. The summed E-state index contributed by atoms with van der Waals surface area (Å²) in [5.74, 6) is -2.54. The van der Waals surface area contributed by atoms with Crippen LogP contribution in [-0.4, -0.2) is 26.8 Å². The van der Waals surface area contributed by atoms with Gasteiger partial charge in [-0.2, -0.15) is 4.39 Å². The Labute approximate surface area is 139 Å². The van der Waals surface area contributed by atoms with Gasteiger partial charge in [-0.25, -0.2) is 0 Å². The molecule has 0 aliphatic heterocycles. The largest absolute Gasteiger partial charge is 0.473 e. The van der Waals surface area contributed by atoms with Crippen LogP contribution in [0.2, 0.25) is 0 Å². The third kappa shape index (κ3) is 4.22. The maximum atomic E-state index is 13.3. The third-order valence-electron chi connectivity index (χ3n) is 3.01. The van der Waals surface area contributed by atoms with Gasteiger partial charge in [-0.15, -0.1) is 0 Å². The van der Waals surface area contributed by atoms with Crippen LogP contribution in [0, 0.1) is 26.0 Å². The second-order valence-corrected chi connectivity index (χ2v) is 4.75. The second kappa shape index (κ2) is 7.29. The van der Waals surface area contributed by atoms with Crippen LogP contribution in [-0.2, 0) is 4.79 Å². The number of amides is 1. The third-order valence-corrected chi connectivity index (χ3v) is 3.01. The summed E-state index contributed by atoms with van der Waals surface area (Å²) in [7, 11) is 0. The van der Waals surface area contributed by atoms with Crippen molar-refractivity contribution < 1.29 is 23.8 Å². The summed E-state index contributed by atoms with van der Waals surface area (Å²) in [6.45, 7) is 1.32. The van der Waals surface area contributed by atoms with Crippen LogP contribution >= 0.6 is 0 Å². The fraction of sp³-hybridized carbons (Fsp3) is 0.143. The molecule has 10 nitrogen and oxygen atoms in total. The van der Waals surface area contributed by atoms with E-state index in [9.17, 15) is 29.4 Å². The molecule has 1 aromatic heterocycles. The maximum absolute atomic E-state index is 13.3. The number of rotatable bonds is 6. The highest BCUT2D eigenvalue weighted by Gasteiger charge is 2.23. The number of nitrogens with zero attached hydrogens (tertiary/aromatic N) is 3. The standard InChI is InChI=1S/C14H11FN4O6/c1-8(25-12-3-2-6-16-13(12)19(23)24)14(20)17-9-4-5-10(15)11(7-9)18(21)22/h2-8H,1H3,(H,17,20). The van der Waals surface area contributed by atoms with Crippen LogP contribution in [0.5, 0.6) is 5.75 Å². The van der Waals surface area contributed by atoms with E-state index in [2.05, 4.69) is 10.3 Å². The van der Waals surface area contributed by atoms with E-state index < -0.39 is 39.2 Å². The molecule has 1 heterocycles. The van der Waals surface area contributed by atoms with Crippen molar-refractivity contribution in [2.75, 3.05) is 5.32 Å². The Kier molecular flexibility index (Phi) is 5.17. The Hall–Kier alpha value is -3.63. The number of aromatic nitrogens is 1. The molecule has 130 valence electrons. The number of ether oxygens (including phenoxy) is 1. The summed E-state index contributed by atoms with van der Waals surface area (Å²) < 4.78 is 18.5. The number of nitro benzene ring substituents is 1. The Balaban J connectivity index is 2.13. The van der Waals surface area contributed by atoms with Gasteiger partial charge in [0.2, 0.25) is 11.6 Å². The summed E-state index contributed by atoms with van der Waals surface area (Å²) in [5, 5.41) is 23.9. The fourth-order valence-electron chi connectivity index (χ4n) is 1.83. The van der Waals surface area contributed by atoms with Gasteiger partial charge in [-0.05, 0) is 41.1 Å². The molecular formula is C14H11FN4O6. The van der Waals surface area contributed by atoms with E-state index in [1.807, 2.05) is 0 Å². The molecule has 11 heteroatoms. The van der Waals surface area contributed by atoms with Crippen molar-refractivity contribution in [3.05, 3.63) is 62.6 Å². The number of anilines is 1. The van der Waals surface area contributed by atoms with Crippen LogP contribution in [0.15, 0.2) is 36.5 Å². The number of benzene rings is 1. The van der Waals surface area contributed by atoms with Gasteiger partial charge in [-0.3, -0.25) is 14.9 Å². The number of carbonyl (C=O) groups is 1. The normalized spacial score (nSPS) is 11.4. The van der Waals surface area contributed by atoms with Gasteiger partial charge < -0.3 is 20.2 Å². The van der Waals surface area contributed by atoms with Crippen LogP contribution in [0.1, 0.15) is 6.92 Å². The molecule has 0 radical (unpaired) electrons. The molecular weight excluding hydrogens is 339 g/mol. The highest BCUT2D eigenvalue weighted by atomic mass is 19.1. The number of hydrogen-bond acceptors (Lipinski definition) is 7. The number of pyridine rings is 1. The van der Waals surface area contributed by atoms with Crippen molar-refractivity contribution in [3.8, 4) is 5.75 Å². The summed E-state index contributed by atoms with van der Waals surface area (Å²) in [5.41, 5.74) is -0.816. The molecule has 1 N–H and O–H groups in total. The lowest BCUT2D eigenvalue weighted by Crippen LogP contribution is -2.30. The number of carbonyl (C=O) groups excluding carboxylic acids is 1. The molecule has 25 heavy (non-hydrogen) atoms. The lowest BCUT2D eigenvalue weighted by molar-refractivity contribution is -0.390. The van der Waals surface area contributed by atoms with Gasteiger partial charge in [0.1, 0.15) is 6.20 Å². The monoisotopic (exact) mass is 350 g/mol. The molecule has 2 rings (SSSR count). The van der Waals surface area contributed by atoms with Gasteiger partial charge in [0.05, 0.1) is 4.92 Å². The highest BCUT2D eigenvalue weighted by Crippen LogP contribution is 2.25. The Bertz CT molecular complexity index is 844. The van der Waals surface area contributed by atoms with E-state index in [4.69, 9.17) is 4.74 Å². The van der Waals surface area contributed by atoms with E-state index in [-0.39, 0.29) is 11.4 Å². The average molecular weight is 350 g/mol. The van der Waals surface area contributed by atoms with Crippen LogP contribution < -0.4 is 10.1 Å². The topological polar surface area (TPSA) is 138 Å². The SMILES string of the molecule is CC(Oc1cccnc1[N+](=O)[O-])C(=O)Nc1ccc(F)c([N+](=O)[O-])c1. The summed E-state index contributed by atoms with van der Waals surface area (Å²) >= 11 is 0. The van der Waals surface area contributed by atoms with Crippen molar-refractivity contribution in [1.29, 1.82) is 0 Å². The lowest BCUT2D eigenvalue weighted by atomic mass is 10.2. The summed E-state index contributed by atoms with van der Waals surface area (Å²) in [4.78, 5) is 35.5. The second-order valence-electron chi connectivity index (χ2n) is 4.75. The van der Waals surface area contributed by atoms with E-state index in [0.29, 0.717) is 0 Å². The summed E-state index contributed by atoms with van der Waals surface area (Å²) in [6.07, 6.45) is 0.0277. The molecule has 0 saturated heterocycles. The van der Waals surface area contributed by atoms with Gasteiger partial charge in [0.25, 0.3) is 5.91 Å². The Morgan fingerprint density at radius 1 is 1.28 bits per heavy atom. The Morgan fingerprint density at radius 2 is 2.00 bits per heavy atom. The minimum atomic E-state index is -1.17. The zero-order valence-electron chi connectivity index (χ0n) is 12.7. The molecule has 1 unspecified atom stereocenters. The minimum absolute atomic E-state index is 0.0192. The molecule has 2 aromatic rings. The minimum Gasteiger partial charge on any atom is -0.473 e. The molecule has 0 aliphatic rings. The Morgan fingerprint density at radius 3 is 2.64 bits per heavy atom.